The van der Waals surface area contributed by atoms with Gasteiger partial charge in [-0.2, -0.15) is 21.6 Å². The average molecular weight is 550 g/mol. The normalized spacial score (nSPS) is 18.6. The van der Waals surface area contributed by atoms with Crippen molar-refractivity contribution >= 4 is 55.0 Å². The topological polar surface area (TPSA) is 193 Å². The molecule has 198 valence electrons. The number of hydrogen-bond donors (Lipinski definition) is 4. The second kappa shape index (κ2) is 10.2. The molecule has 1 unspecified atom stereocenters. The quantitative estimate of drug-likeness (QED) is 0.326. The first-order valence-corrected chi connectivity index (χ1v) is 14.4. The summed E-state index contributed by atoms with van der Waals surface area (Å²) in [6, 6.07) is 6.86. The smallest absolute Gasteiger partial charge is 0.299 e. The van der Waals surface area contributed by atoms with Gasteiger partial charge >= 0.3 is 0 Å². The van der Waals surface area contributed by atoms with E-state index in [9.17, 15) is 26.4 Å². The number of hydrogen-bond acceptors (Lipinski definition) is 9. The summed E-state index contributed by atoms with van der Waals surface area (Å²) in [6.07, 6.45) is 2.12. The van der Waals surface area contributed by atoms with Gasteiger partial charge in [-0.25, -0.2) is 4.98 Å². The number of fused-ring (bicyclic) bond motifs is 2. The summed E-state index contributed by atoms with van der Waals surface area (Å²) in [5.74, 6) is -2.58. The first kappa shape index (κ1) is 26.7. The van der Waals surface area contributed by atoms with Crippen molar-refractivity contribution < 1.29 is 26.4 Å². The van der Waals surface area contributed by atoms with E-state index >= 15 is 0 Å². The molecule has 2 aliphatic rings. The van der Waals surface area contributed by atoms with Gasteiger partial charge in [0.25, 0.3) is 20.2 Å². The number of nitrogens with zero attached hydrogens (tertiary/aromatic N) is 3. The number of rotatable bonds is 9. The Balaban J connectivity index is 1.68. The molecule has 1 aromatic carbocycles. The summed E-state index contributed by atoms with van der Waals surface area (Å²) in [7, 11) is -8.37. The van der Waals surface area contributed by atoms with E-state index in [0.717, 1.165) is 6.07 Å². The number of amidine groups is 1. The molecule has 2 aliphatic heterocycles. The van der Waals surface area contributed by atoms with Crippen LogP contribution in [0.5, 0.6) is 0 Å². The highest BCUT2D eigenvalue weighted by atomic mass is 32.2. The summed E-state index contributed by atoms with van der Waals surface area (Å²) >= 11 is 0. The van der Waals surface area contributed by atoms with Crippen LogP contribution in [0.15, 0.2) is 45.8 Å². The Morgan fingerprint density at radius 2 is 1.97 bits per heavy atom. The maximum atomic E-state index is 13.5. The zero-order chi connectivity index (χ0) is 27.0. The SMILES string of the molecule is CC(C)CCN1C(=O)C(C2=NS(=O)(=O)c3cc(NS(=O)(=O)NCCN)ccc3N2)C(=O)c2cccnc21. The first-order valence-electron chi connectivity index (χ1n) is 11.5. The van der Waals surface area contributed by atoms with Crippen molar-refractivity contribution in [3.63, 3.8) is 0 Å². The molecule has 0 bridgehead atoms. The van der Waals surface area contributed by atoms with Crippen LogP contribution in [0.2, 0.25) is 0 Å². The number of Topliss-reactive ketones (excluding diaryl/α,β-unsaturated/α-hetero) is 1. The highest BCUT2D eigenvalue weighted by Gasteiger charge is 2.45. The first-order chi connectivity index (χ1) is 17.4. The third-order valence-electron chi connectivity index (χ3n) is 5.72. The second-order valence-corrected chi connectivity index (χ2v) is 12.0. The molecule has 0 saturated carbocycles. The third-order valence-corrected chi connectivity index (χ3v) is 8.14. The molecule has 15 heteroatoms. The molecule has 0 saturated heterocycles. The standard InChI is InChI=1S/C22H27N7O6S2/c1-13(2)7-11-29-21-15(4-3-9-24-21)19(30)18(22(29)31)20-26-16-6-5-14(12-17(16)36(32,33)28-20)27-37(34,35)25-10-8-23/h3-6,9,12-13,18,25,27H,7-8,10-11,23H2,1-2H3,(H,26,28). The van der Waals surface area contributed by atoms with Crippen molar-refractivity contribution in [1.29, 1.82) is 0 Å². The van der Waals surface area contributed by atoms with Crippen LogP contribution in [-0.2, 0) is 25.0 Å². The lowest BCUT2D eigenvalue weighted by Gasteiger charge is -2.34. The number of nitrogens with one attached hydrogen (secondary N) is 3. The van der Waals surface area contributed by atoms with E-state index in [1.54, 1.807) is 6.07 Å². The van der Waals surface area contributed by atoms with Gasteiger partial charge in [-0.1, -0.05) is 13.8 Å². The van der Waals surface area contributed by atoms with E-state index in [4.69, 9.17) is 5.73 Å². The molecule has 0 aliphatic carbocycles. The van der Waals surface area contributed by atoms with Gasteiger partial charge in [-0.3, -0.25) is 19.2 Å². The number of pyridine rings is 1. The molecular weight excluding hydrogens is 522 g/mol. The molecule has 13 nitrogen and oxygen atoms in total. The predicted octanol–water partition coefficient (Wildman–Crippen LogP) is 0.691. The monoisotopic (exact) mass is 549 g/mol. The van der Waals surface area contributed by atoms with E-state index in [0.29, 0.717) is 13.0 Å². The number of ketones is 1. The van der Waals surface area contributed by atoms with Crippen LogP contribution in [0.1, 0.15) is 30.6 Å². The summed E-state index contributed by atoms with van der Waals surface area (Å²) in [6.45, 7) is 4.35. The fourth-order valence-electron chi connectivity index (χ4n) is 3.93. The van der Waals surface area contributed by atoms with Gasteiger partial charge in [0.05, 0.1) is 16.9 Å². The van der Waals surface area contributed by atoms with Crippen LogP contribution in [0.4, 0.5) is 17.2 Å². The zero-order valence-electron chi connectivity index (χ0n) is 20.1. The minimum Gasteiger partial charge on any atom is -0.341 e. The number of aromatic nitrogens is 1. The van der Waals surface area contributed by atoms with Crippen molar-refractivity contribution in [3.8, 4) is 0 Å². The summed E-state index contributed by atoms with van der Waals surface area (Å²) in [4.78, 5) is 32.1. The molecule has 0 spiro atoms. The molecule has 0 fully saturated rings. The summed E-state index contributed by atoms with van der Waals surface area (Å²) in [5, 5.41) is 2.80. The maximum Gasteiger partial charge on any atom is 0.299 e. The van der Waals surface area contributed by atoms with E-state index in [1.807, 2.05) is 13.8 Å². The van der Waals surface area contributed by atoms with Crippen molar-refractivity contribution in [3.05, 3.63) is 42.1 Å². The maximum absolute atomic E-state index is 13.5. The van der Waals surface area contributed by atoms with Crippen molar-refractivity contribution in [2.75, 3.05) is 34.6 Å². The Bertz CT molecular complexity index is 1490. The van der Waals surface area contributed by atoms with Crippen LogP contribution < -0.4 is 25.4 Å². The number of carbonyl (C=O) groups is 2. The Labute approximate surface area is 214 Å². The molecule has 1 aromatic heterocycles. The highest BCUT2D eigenvalue weighted by Crippen LogP contribution is 2.35. The van der Waals surface area contributed by atoms with Gasteiger partial charge in [0.1, 0.15) is 16.5 Å². The molecule has 5 N–H and O–H groups in total. The number of amides is 1. The third kappa shape index (κ3) is 5.49. The van der Waals surface area contributed by atoms with Gasteiger partial charge in [-0.15, -0.1) is 4.40 Å². The fraction of sp³-hybridized carbons (Fsp3) is 0.364. The van der Waals surface area contributed by atoms with E-state index < -0.39 is 37.8 Å². The van der Waals surface area contributed by atoms with E-state index in [2.05, 4.69) is 24.1 Å². The molecule has 2 aromatic rings. The summed E-state index contributed by atoms with van der Waals surface area (Å²) in [5.41, 5.74) is 5.52. The van der Waals surface area contributed by atoms with Gasteiger partial charge in [-0.05, 0) is 42.7 Å². The van der Waals surface area contributed by atoms with Crippen molar-refractivity contribution in [1.82, 2.24) is 9.71 Å². The van der Waals surface area contributed by atoms with Crippen LogP contribution in [-0.4, -0.2) is 59.0 Å². The van der Waals surface area contributed by atoms with Gasteiger partial charge in [0.15, 0.2) is 11.7 Å². The van der Waals surface area contributed by atoms with Crippen LogP contribution in [0, 0.1) is 11.8 Å². The molecule has 1 atom stereocenters. The van der Waals surface area contributed by atoms with Crippen molar-refractivity contribution in [2.24, 2.45) is 22.0 Å². The highest BCUT2D eigenvalue weighted by molar-refractivity contribution is 7.91. The Morgan fingerprint density at radius 3 is 2.68 bits per heavy atom. The lowest BCUT2D eigenvalue weighted by Crippen LogP contribution is -2.51. The van der Waals surface area contributed by atoms with E-state index in [-0.39, 0.29) is 52.5 Å². The number of anilines is 3. The molecular formula is C22H27N7O6S2. The van der Waals surface area contributed by atoms with Crippen LogP contribution in [0.3, 0.4) is 0 Å². The van der Waals surface area contributed by atoms with Gasteiger partial charge in [0.2, 0.25) is 5.91 Å². The van der Waals surface area contributed by atoms with E-state index in [1.165, 1.54) is 29.3 Å². The van der Waals surface area contributed by atoms with Crippen molar-refractivity contribution in [2.45, 2.75) is 25.2 Å². The zero-order valence-corrected chi connectivity index (χ0v) is 21.8. The lowest BCUT2D eigenvalue weighted by molar-refractivity contribution is -0.119. The van der Waals surface area contributed by atoms with Crippen LogP contribution in [0.25, 0.3) is 0 Å². The Hall–Kier alpha value is -3.40. The molecule has 3 heterocycles. The average Bonchev–Trinajstić information content (AvgIpc) is 2.82. The largest absolute Gasteiger partial charge is 0.341 e. The van der Waals surface area contributed by atoms with Gasteiger partial charge < -0.3 is 11.1 Å². The number of nitrogens with two attached hydrogens (primary N) is 1. The number of benzene rings is 1. The van der Waals surface area contributed by atoms with Crippen LogP contribution >= 0.6 is 0 Å². The number of carbonyl (C=O) groups excluding carboxylic acids is 2. The molecule has 37 heavy (non-hydrogen) atoms. The van der Waals surface area contributed by atoms with Gasteiger partial charge in [0, 0.05) is 25.8 Å². The number of sulfonamides is 1. The Kier molecular flexibility index (Phi) is 7.32. The summed E-state index contributed by atoms with van der Waals surface area (Å²) < 4.78 is 58.5. The lowest BCUT2D eigenvalue weighted by atomic mass is 9.90. The second-order valence-electron chi connectivity index (χ2n) is 8.92. The molecule has 0 radical (unpaired) electrons. The Morgan fingerprint density at radius 1 is 1.22 bits per heavy atom. The molecule has 1 amide bonds. The fourth-order valence-corrected chi connectivity index (χ4v) is 6.01. The molecule has 4 rings (SSSR count). The minimum absolute atomic E-state index is 0.00986. The predicted molar refractivity (Wildman–Crippen MR) is 138 cm³/mol. The minimum atomic E-state index is -4.39.